The molecule has 3 aromatic rings. The number of aromatic nitrogens is 3. The first-order valence-corrected chi connectivity index (χ1v) is 12.9. The monoisotopic (exact) mass is 505 g/mol. The predicted molar refractivity (Wildman–Crippen MR) is 128 cm³/mol. The highest BCUT2D eigenvalue weighted by Gasteiger charge is 2.22. The second-order valence-electron chi connectivity index (χ2n) is 8.58. The number of rotatable bonds is 5. The lowest BCUT2D eigenvalue weighted by molar-refractivity contribution is 0.146. The minimum absolute atomic E-state index is 0.0637. The molecule has 35 heavy (non-hydrogen) atoms. The summed E-state index contributed by atoms with van der Waals surface area (Å²) in [4.78, 5) is 13.8. The van der Waals surface area contributed by atoms with Crippen molar-refractivity contribution >= 4 is 26.5 Å². The maximum absolute atomic E-state index is 14.7. The van der Waals surface area contributed by atoms with E-state index in [1.807, 2.05) is 23.8 Å². The first kappa shape index (κ1) is 25.1. The Balaban J connectivity index is 1.82. The first-order valence-electron chi connectivity index (χ1n) is 11.1. The van der Waals surface area contributed by atoms with Crippen LogP contribution in [0, 0.1) is 12.7 Å². The third kappa shape index (κ3) is 5.01. The summed E-state index contributed by atoms with van der Waals surface area (Å²) in [5.41, 5.74) is 2.09. The zero-order valence-electron chi connectivity index (χ0n) is 19.8. The van der Waals surface area contributed by atoms with E-state index in [0.717, 1.165) is 17.2 Å². The molecule has 1 atom stereocenters. The number of hydrogen-bond acceptors (Lipinski definition) is 5. The molecule has 1 aliphatic rings. The van der Waals surface area contributed by atoms with E-state index in [4.69, 9.17) is 0 Å². The van der Waals surface area contributed by atoms with Crippen molar-refractivity contribution in [1.29, 1.82) is 0 Å². The second kappa shape index (κ2) is 9.54. The molecular formula is C24H26F3N5O2S. The molecular weight excluding hydrogens is 479 g/mol. The van der Waals surface area contributed by atoms with Gasteiger partial charge in [-0.15, -0.1) is 0 Å². The average Bonchev–Trinajstić information content (AvgIpc) is 2.81. The van der Waals surface area contributed by atoms with E-state index in [0.29, 0.717) is 35.4 Å². The van der Waals surface area contributed by atoms with Gasteiger partial charge in [-0.2, -0.15) is 4.31 Å². The molecule has 2 aromatic heterocycles. The molecule has 0 saturated carbocycles. The van der Waals surface area contributed by atoms with Gasteiger partial charge < -0.3 is 4.57 Å². The van der Waals surface area contributed by atoms with Crippen LogP contribution < -0.4 is 5.49 Å². The SMILES string of the molecule is Cc1nc(=N[C@H](C)c2cccc(C(F)F)c2F)c2cc(C3=CCN(S(C)(=O)=O)CC3)ncc2n1C. The van der Waals surface area contributed by atoms with Crippen molar-refractivity contribution in [2.24, 2.45) is 12.0 Å². The normalized spacial score (nSPS) is 16.7. The van der Waals surface area contributed by atoms with Gasteiger partial charge in [0.05, 0.1) is 35.3 Å². The largest absolute Gasteiger partial charge is 0.331 e. The molecule has 0 bridgehead atoms. The lowest BCUT2D eigenvalue weighted by Gasteiger charge is -2.24. The summed E-state index contributed by atoms with van der Waals surface area (Å²) in [6, 6.07) is 4.98. The summed E-state index contributed by atoms with van der Waals surface area (Å²) in [5.74, 6) is -0.313. The lowest BCUT2D eigenvalue weighted by Crippen LogP contribution is -2.33. The fraction of sp³-hybridized carbons (Fsp3) is 0.375. The Morgan fingerprint density at radius 2 is 1.91 bits per heavy atom. The fourth-order valence-electron chi connectivity index (χ4n) is 4.13. The number of alkyl halides is 2. The maximum atomic E-state index is 14.7. The van der Waals surface area contributed by atoms with Crippen LogP contribution in [-0.4, -0.2) is 46.6 Å². The van der Waals surface area contributed by atoms with Crippen molar-refractivity contribution in [3.63, 3.8) is 0 Å². The Morgan fingerprint density at radius 1 is 1.20 bits per heavy atom. The van der Waals surface area contributed by atoms with E-state index >= 15 is 0 Å². The van der Waals surface area contributed by atoms with Crippen LogP contribution in [0.5, 0.6) is 0 Å². The van der Waals surface area contributed by atoms with Crippen molar-refractivity contribution in [2.45, 2.75) is 32.7 Å². The van der Waals surface area contributed by atoms with Gasteiger partial charge in [0.25, 0.3) is 6.43 Å². The van der Waals surface area contributed by atoms with Gasteiger partial charge in [-0.1, -0.05) is 24.3 Å². The molecule has 0 unspecified atom stereocenters. The standard InChI is InChI=1S/C24H26F3N5O2S/c1-14(17-6-5-7-18(22(17)25)23(26)27)29-24-19-12-20(28-13-21(19)31(3)15(2)30-24)16-8-10-32(11-9-16)35(4,33)34/h5-8,12-14,23H,9-11H2,1-4H3/t14-/m1/s1. The van der Waals surface area contributed by atoms with E-state index in [-0.39, 0.29) is 12.1 Å². The van der Waals surface area contributed by atoms with E-state index in [1.54, 1.807) is 20.0 Å². The van der Waals surface area contributed by atoms with Crippen molar-refractivity contribution in [2.75, 3.05) is 19.3 Å². The zero-order chi connectivity index (χ0) is 25.5. The summed E-state index contributed by atoms with van der Waals surface area (Å²) in [5, 5.41) is 0.673. The van der Waals surface area contributed by atoms with Crippen molar-refractivity contribution in [1.82, 2.24) is 18.8 Å². The molecule has 4 rings (SSSR count). The molecule has 0 saturated heterocycles. The summed E-state index contributed by atoms with van der Waals surface area (Å²) in [6.45, 7) is 4.06. The van der Waals surface area contributed by atoms with Gasteiger partial charge in [0, 0.05) is 31.1 Å². The third-order valence-electron chi connectivity index (χ3n) is 6.27. The Hall–Kier alpha value is -3.05. The Morgan fingerprint density at radius 3 is 2.54 bits per heavy atom. The van der Waals surface area contributed by atoms with Gasteiger partial charge >= 0.3 is 0 Å². The molecule has 7 nitrogen and oxygen atoms in total. The van der Waals surface area contributed by atoms with E-state index in [1.165, 1.54) is 22.7 Å². The van der Waals surface area contributed by atoms with E-state index in [2.05, 4.69) is 15.0 Å². The topological polar surface area (TPSA) is 80.5 Å². The molecule has 0 amide bonds. The van der Waals surface area contributed by atoms with Gasteiger partial charge in [0.15, 0.2) is 5.49 Å². The Bertz CT molecular complexity index is 1500. The van der Waals surface area contributed by atoms with Crippen molar-refractivity contribution in [3.05, 3.63) is 70.5 Å². The van der Waals surface area contributed by atoms with E-state index < -0.39 is 33.9 Å². The number of fused-ring (bicyclic) bond motifs is 1. The molecule has 0 aliphatic carbocycles. The van der Waals surface area contributed by atoms with Gasteiger partial charge in [-0.3, -0.25) is 9.98 Å². The zero-order valence-corrected chi connectivity index (χ0v) is 20.7. The molecule has 0 radical (unpaired) electrons. The van der Waals surface area contributed by atoms with Crippen LogP contribution in [0.2, 0.25) is 0 Å². The molecule has 186 valence electrons. The Kier molecular flexibility index (Phi) is 6.83. The lowest BCUT2D eigenvalue weighted by atomic mass is 10.0. The molecule has 1 aliphatic heterocycles. The van der Waals surface area contributed by atoms with Crippen LogP contribution >= 0.6 is 0 Å². The molecule has 3 heterocycles. The molecule has 11 heteroatoms. The number of benzene rings is 1. The number of sulfonamides is 1. The average molecular weight is 506 g/mol. The third-order valence-corrected chi connectivity index (χ3v) is 7.54. The maximum Gasteiger partial charge on any atom is 0.266 e. The van der Waals surface area contributed by atoms with Crippen LogP contribution in [0.15, 0.2) is 41.5 Å². The summed E-state index contributed by atoms with van der Waals surface area (Å²) in [7, 11) is -1.43. The molecule has 0 fully saturated rings. The number of hydrogen-bond donors (Lipinski definition) is 0. The smallest absolute Gasteiger partial charge is 0.266 e. The number of aryl methyl sites for hydroxylation is 2. The summed E-state index contributed by atoms with van der Waals surface area (Å²) in [6.07, 6.45) is 2.31. The minimum atomic E-state index is -3.27. The van der Waals surface area contributed by atoms with Crippen LogP contribution in [0.4, 0.5) is 13.2 Å². The van der Waals surface area contributed by atoms with Crippen LogP contribution in [0.1, 0.15) is 48.5 Å². The number of nitrogens with zero attached hydrogens (tertiary/aromatic N) is 5. The molecule has 0 spiro atoms. The quantitative estimate of drug-likeness (QED) is 0.524. The second-order valence-corrected chi connectivity index (χ2v) is 10.6. The molecule has 1 aromatic carbocycles. The van der Waals surface area contributed by atoms with Gasteiger partial charge in [-0.05, 0) is 31.9 Å². The Labute approximate surface area is 201 Å². The first-order chi connectivity index (χ1) is 16.5. The van der Waals surface area contributed by atoms with Crippen LogP contribution in [0.3, 0.4) is 0 Å². The van der Waals surface area contributed by atoms with E-state index in [9.17, 15) is 21.6 Å². The highest BCUT2D eigenvalue weighted by molar-refractivity contribution is 7.88. The van der Waals surface area contributed by atoms with Crippen LogP contribution in [0.25, 0.3) is 16.5 Å². The fourth-order valence-corrected chi connectivity index (χ4v) is 4.90. The highest BCUT2D eigenvalue weighted by atomic mass is 32.2. The number of halogens is 3. The van der Waals surface area contributed by atoms with Gasteiger partial charge in [-0.25, -0.2) is 26.6 Å². The van der Waals surface area contributed by atoms with Gasteiger partial charge in [0.2, 0.25) is 10.0 Å². The summed E-state index contributed by atoms with van der Waals surface area (Å²) < 4.78 is 68.0. The van der Waals surface area contributed by atoms with Crippen LogP contribution in [-0.2, 0) is 17.1 Å². The predicted octanol–water partition coefficient (Wildman–Crippen LogP) is 4.06. The number of pyridine rings is 1. The minimum Gasteiger partial charge on any atom is -0.331 e. The molecule has 0 N–H and O–H groups in total. The van der Waals surface area contributed by atoms with Crippen molar-refractivity contribution in [3.8, 4) is 0 Å². The van der Waals surface area contributed by atoms with Crippen molar-refractivity contribution < 1.29 is 21.6 Å². The van der Waals surface area contributed by atoms with Gasteiger partial charge in [0.1, 0.15) is 11.6 Å². The highest BCUT2D eigenvalue weighted by Crippen LogP contribution is 2.29. The summed E-state index contributed by atoms with van der Waals surface area (Å²) >= 11 is 0.